The van der Waals surface area contributed by atoms with E-state index < -0.39 is 0 Å². The van der Waals surface area contributed by atoms with Gasteiger partial charge in [0.1, 0.15) is 18.5 Å². The van der Waals surface area contributed by atoms with Crippen molar-refractivity contribution in [3.63, 3.8) is 0 Å². The molecule has 2 aromatic rings. The van der Waals surface area contributed by atoms with Gasteiger partial charge in [-0.05, 0) is 69.5 Å². The van der Waals surface area contributed by atoms with Crippen molar-refractivity contribution < 1.29 is 23.8 Å². The molecule has 1 saturated heterocycles. The Balaban J connectivity index is 1.24. The zero-order valence-corrected chi connectivity index (χ0v) is 18.6. The Hall–Kier alpha value is -3.22. The first-order chi connectivity index (χ1) is 15.5. The van der Waals surface area contributed by atoms with E-state index in [1.54, 1.807) is 24.3 Å². The fourth-order valence-electron chi connectivity index (χ4n) is 4.31. The standard InChI is InChI=1S/C25H30N2O5/c1-17-6-5-7-18(2)27(17)24(28)16-30-20-12-10-19(11-13-20)25(29)26-14-21-15-31-22-8-3-4-9-23(22)32-21/h3-4,8-13,17-18,21H,5-7,14-16H2,1-2H3,(H,26,29)/t17-,18+,21-/m0/s1. The minimum atomic E-state index is -0.248. The van der Waals surface area contributed by atoms with Crippen molar-refractivity contribution in [3.05, 3.63) is 54.1 Å². The van der Waals surface area contributed by atoms with Gasteiger partial charge < -0.3 is 24.4 Å². The topological polar surface area (TPSA) is 77.1 Å². The highest BCUT2D eigenvalue weighted by Crippen LogP contribution is 2.30. The maximum absolute atomic E-state index is 12.6. The maximum atomic E-state index is 12.6. The van der Waals surface area contributed by atoms with Crippen LogP contribution in [-0.2, 0) is 4.79 Å². The first-order valence-electron chi connectivity index (χ1n) is 11.2. The van der Waals surface area contributed by atoms with Gasteiger partial charge in [0.25, 0.3) is 11.8 Å². The Labute approximate surface area is 188 Å². The van der Waals surface area contributed by atoms with Gasteiger partial charge >= 0.3 is 0 Å². The number of nitrogens with zero attached hydrogens (tertiary/aromatic N) is 1. The number of amides is 2. The van der Waals surface area contributed by atoms with Crippen LogP contribution < -0.4 is 19.5 Å². The molecule has 0 aliphatic carbocycles. The van der Waals surface area contributed by atoms with Crippen LogP contribution >= 0.6 is 0 Å². The van der Waals surface area contributed by atoms with Crippen LogP contribution in [0.4, 0.5) is 0 Å². The predicted molar refractivity (Wildman–Crippen MR) is 120 cm³/mol. The molecule has 0 radical (unpaired) electrons. The lowest BCUT2D eigenvalue weighted by Crippen LogP contribution is -2.49. The van der Waals surface area contributed by atoms with Gasteiger partial charge in [-0.25, -0.2) is 0 Å². The number of piperidine rings is 1. The van der Waals surface area contributed by atoms with Crippen molar-refractivity contribution in [1.29, 1.82) is 0 Å². The monoisotopic (exact) mass is 438 g/mol. The van der Waals surface area contributed by atoms with Gasteiger partial charge in [-0.15, -0.1) is 0 Å². The van der Waals surface area contributed by atoms with Crippen molar-refractivity contribution in [1.82, 2.24) is 10.2 Å². The highest BCUT2D eigenvalue weighted by atomic mass is 16.6. The number of rotatable bonds is 6. The van der Waals surface area contributed by atoms with Gasteiger partial charge in [0.2, 0.25) is 0 Å². The normalized spacial score (nSPS) is 22.2. The van der Waals surface area contributed by atoms with Crippen molar-refractivity contribution in [3.8, 4) is 17.2 Å². The third-order valence-corrected chi connectivity index (χ3v) is 6.02. The highest BCUT2D eigenvalue weighted by Gasteiger charge is 2.29. The van der Waals surface area contributed by atoms with Crippen LogP contribution in [0.15, 0.2) is 48.5 Å². The number of ether oxygens (including phenoxy) is 3. The Morgan fingerprint density at radius 2 is 1.72 bits per heavy atom. The molecule has 2 amide bonds. The molecule has 170 valence electrons. The molecule has 0 saturated carbocycles. The summed E-state index contributed by atoms with van der Waals surface area (Å²) in [5.41, 5.74) is 0.513. The predicted octanol–water partition coefficient (Wildman–Crippen LogP) is 3.42. The quantitative estimate of drug-likeness (QED) is 0.748. The van der Waals surface area contributed by atoms with Crippen molar-refractivity contribution in [2.45, 2.75) is 51.3 Å². The number of para-hydroxylation sites is 2. The molecule has 2 heterocycles. The van der Waals surface area contributed by atoms with Crippen molar-refractivity contribution in [2.24, 2.45) is 0 Å². The zero-order valence-electron chi connectivity index (χ0n) is 18.6. The third-order valence-electron chi connectivity index (χ3n) is 6.02. The molecule has 2 aliphatic heterocycles. The minimum absolute atomic E-state index is 0.000710. The minimum Gasteiger partial charge on any atom is -0.486 e. The Morgan fingerprint density at radius 3 is 2.44 bits per heavy atom. The molecule has 32 heavy (non-hydrogen) atoms. The number of hydrogen-bond acceptors (Lipinski definition) is 5. The van der Waals surface area contributed by atoms with E-state index >= 15 is 0 Å². The van der Waals surface area contributed by atoms with Gasteiger partial charge in [0.15, 0.2) is 18.1 Å². The number of benzene rings is 2. The average molecular weight is 439 g/mol. The van der Waals surface area contributed by atoms with Crippen LogP contribution in [0.3, 0.4) is 0 Å². The lowest BCUT2D eigenvalue weighted by atomic mass is 9.97. The highest BCUT2D eigenvalue weighted by molar-refractivity contribution is 5.94. The molecule has 7 heteroatoms. The fourth-order valence-corrected chi connectivity index (χ4v) is 4.31. The van der Waals surface area contributed by atoms with Crippen LogP contribution in [0.25, 0.3) is 0 Å². The molecular weight excluding hydrogens is 408 g/mol. The molecule has 1 N–H and O–H groups in total. The number of likely N-dealkylation sites (tertiary alicyclic amines) is 1. The van der Waals surface area contributed by atoms with Crippen LogP contribution in [0.5, 0.6) is 17.2 Å². The number of nitrogens with one attached hydrogen (secondary N) is 1. The number of fused-ring (bicyclic) bond motifs is 1. The molecular formula is C25H30N2O5. The lowest BCUT2D eigenvalue weighted by molar-refractivity contribution is -0.139. The Kier molecular flexibility index (Phi) is 6.83. The summed E-state index contributed by atoms with van der Waals surface area (Å²) in [6.07, 6.45) is 2.97. The molecule has 2 aromatic carbocycles. The summed E-state index contributed by atoms with van der Waals surface area (Å²) in [5, 5.41) is 2.88. The average Bonchev–Trinajstić information content (AvgIpc) is 2.81. The van der Waals surface area contributed by atoms with Crippen LogP contribution in [0, 0.1) is 0 Å². The molecule has 0 aromatic heterocycles. The molecule has 2 aliphatic rings. The largest absolute Gasteiger partial charge is 0.486 e. The second-order valence-corrected chi connectivity index (χ2v) is 8.45. The number of carbonyl (C=O) groups is 2. The summed E-state index contributed by atoms with van der Waals surface area (Å²) in [6, 6.07) is 14.8. The van der Waals surface area contributed by atoms with E-state index in [2.05, 4.69) is 19.2 Å². The molecule has 0 unspecified atom stereocenters. The number of hydrogen-bond donors (Lipinski definition) is 1. The van der Waals surface area contributed by atoms with E-state index in [4.69, 9.17) is 14.2 Å². The van der Waals surface area contributed by atoms with E-state index in [-0.39, 0.29) is 36.6 Å². The van der Waals surface area contributed by atoms with Crippen molar-refractivity contribution in [2.75, 3.05) is 19.8 Å². The smallest absolute Gasteiger partial charge is 0.260 e. The fraction of sp³-hybridized carbons (Fsp3) is 0.440. The summed E-state index contributed by atoms with van der Waals surface area (Å²) in [4.78, 5) is 27.0. The lowest BCUT2D eigenvalue weighted by Gasteiger charge is -2.38. The summed E-state index contributed by atoms with van der Waals surface area (Å²) in [5.74, 6) is 1.76. The van der Waals surface area contributed by atoms with Gasteiger partial charge in [0, 0.05) is 17.6 Å². The maximum Gasteiger partial charge on any atom is 0.260 e. The molecule has 1 fully saturated rings. The first-order valence-corrected chi connectivity index (χ1v) is 11.2. The second-order valence-electron chi connectivity index (χ2n) is 8.45. The van der Waals surface area contributed by atoms with Crippen LogP contribution in [-0.4, -0.2) is 54.7 Å². The van der Waals surface area contributed by atoms with Gasteiger partial charge in [-0.2, -0.15) is 0 Å². The molecule has 0 bridgehead atoms. The first kappa shape index (κ1) is 22.0. The molecule has 4 rings (SSSR count). The van der Waals surface area contributed by atoms with Gasteiger partial charge in [-0.1, -0.05) is 12.1 Å². The zero-order chi connectivity index (χ0) is 22.5. The van der Waals surface area contributed by atoms with Crippen LogP contribution in [0.1, 0.15) is 43.5 Å². The molecule has 3 atom stereocenters. The van der Waals surface area contributed by atoms with E-state index in [1.165, 1.54) is 0 Å². The van der Waals surface area contributed by atoms with E-state index in [0.717, 1.165) is 19.3 Å². The van der Waals surface area contributed by atoms with E-state index in [9.17, 15) is 9.59 Å². The Bertz CT molecular complexity index is 936. The molecule has 7 nitrogen and oxygen atoms in total. The molecule has 0 spiro atoms. The van der Waals surface area contributed by atoms with Crippen molar-refractivity contribution >= 4 is 11.8 Å². The van der Waals surface area contributed by atoms with Gasteiger partial charge in [-0.3, -0.25) is 9.59 Å². The second kappa shape index (κ2) is 9.94. The summed E-state index contributed by atoms with van der Waals surface area (Å²) >= 11 is 0. The Morgan fingerprint density at radius 1 is 1.03 bits per heavy atom. The van der Waals surface area contributed by atoms with Gasteiger partial charge in [0.05, 0.1) is 6.54 Å². The third kappa shape index (κ3) is 5.15. The summed E-state index contributed by atoms with van der Waals surface area (Å²) in [6.45, 7) is 4.90. The van der Waals surface area contributed by atoms with E-state index in [1.807, 2.05) is 29.2 Å². The van der Waals surface area contributed by atoms with Crippen LogP contribution in [0.2, 0.25) is 0 Å². The van der Waals surface area contributed by atoms with E-state index in [0.29, 0.717) is 36.0 Å². The summed E-state index contributed by atoms with van der Waals surface area (Å²) in [7, 11) is 0. The number of carbonyl (C=O) groups excluding carboxylic acids is 2. The SMILES string of the molecule is C[C@@H]1CCC[C@H](C)N1C(=O)COc1ccc(C(=O)NC[C@H]2COc3ccccc3O2)cc1. The summed E-state index contributed by atoms with van der Waals surface area (Å²) < 4.78 is 17.2.